The summed E-state index contributed by atoms with van der Waals surface area (Å²) in [5.74, 6) is 0.972. The van der Waals surface area contributed by atoms with E-state index < -0.39 is 0 Å². The number of rotatable bonds is 8. The van der Waals surface area contributed by atoms with Gasteiger partial charge in [-0.25, -0.2) is 0 Å². The molecule has 1 atom stereocenters. The second-order valence-corrected chi connectivity index (χ2v) is 6.42. The number of nitrogens with zero attached hydrogens (tertiary/aromatic N) is 1. The molecule has 0 aromatic carbocycles. The minimum Gasteiger partial charge on any atom is -0.383 e. The van der Waals surface area contributed by atoms with Crippen LogP contribution < -0.4 is 5.32 Å². The van der Waals surface area contributed by atoms with Crippen LogP contribution >= 0.6 is 0 Å². The zero-order valence-electron chi connectivity index (χ0n) is 13.6. The average molecular weight is 270 g/mol. The Morgan fingerprint density at radius 2 is 1.84 bits per heavy atom. The predicted molar refractivity (Wildman–Crippen MR) is 82.6 cm³/mol. The largest absolute Gasteiger partial charge is 0.383 e. The summed E-state index contributed by atoms with van der Waals surface area (Å²) in [5.41, 5.74) is 0. The van der Waals surface area contributed by atoms with Crippen molar-refractivity contribution in [1.29, 1.82) is 0 Å². The van der Waals surface area contributed by atoms with Crippen LogP contribution in [0.4, 0.5) is 0 Å². The number of ether oxygens (including phenoxy) is 1. The van der Waals surface area contributed by atoms with Crippen LogP contribution in [0.3, 0.4) is 0 Å². The molecule has 3 nitrogen and oxygen atoms in total. The third kappa shape index (κ3) is 5.80. The molecule has 0 heterocycles. The summed E-state index contributed by atoms with van der Waals surface area (Å²) in [6.45, 7) is 8.58. The molecule has 1 rings (SSSR count). The van der Waals surface area contributed by atoms with E-state index in [1.54, 1.807) is 0 Å². The van der Waals surface area contributed by atoms with Crippen LogP contribution in [0, 0.1) is 5.92 Å². The highest BCUT2D eigenvalue weighted by molar-refractivity contribution is 4.83. The van der Waals surface area contributed by atoms with Gasteiger partial charge in [-0.2, -0.15) is 0 Å². The molecule has 1 saturated carbocycles. The standard InChI is InChI=1S/C16H34N2O/c1-6-14-7-9-15(10-8-14)18(4)16(12-19-5)11-17-13(2)3/h13-17H,6-12H2,1-5H3. The number of nitrogens with one attached hydrogen (secondary N) is 1. The van der Waals surface area contributed by atoms with E-state index >= 15 is 0 Å². The van der Waals surface area contributed by atoms with Gasteiger partial charge in [0.2, 0.25) is 0 Å². The van der Waals surface area contributed by atoms with Crippen LogP contribution in [-0.4, -0.2) is 50.3 Å². The molecule has 0 aromatic rings. The zero-order valence-corrected chi connectivity index (χ0v) is 13.6. The molecule has 0 radical (unpaired) electrons. The number of hydrogen-bond acceptors (Lipinski definition) is 3. The molecular formula is C16H34N2O. The van der Waals surface area contributed by atoms with Crippen molar-refractivity contribution in [2.75, 3.05) is 27.3 Å². The van der Waals surface area contributed by atoms with Gasteiger partial charge in [0.25, 0.3) is 0 Å². The van der Waals surface area contributed by atoms with E-state index in [1.807, 2.05) is 7.11 Å². The van der Waals surface area contributed by atoms with Crippen molar-refractivity contribution in [2.45, 2.75) is 71.0 Å². The first-order chi connectivity index (χ1) is 9.08. The van der Waals surface area contributed by atoms with Gasteiger partial charge in [-0.1, -0.05) is 27.2 Å². The molecule has 0 amide bonds. The van der Waals surface area contributed by atoms with Crippen LogP contribution in [0.25, 0.3) is 0 Å². The first-order valence-corrected chi connectivity index (χ1v) is 8.02. The summed E-state index contributed by atoms with van der Waals surface area (Å²) in [6, 6.07) is 1.79. The SMILES string of the molecule is CCC1CCC(N(C)C(CNC(C)C)COC)CC1. The Morgan fingerprint density at radius 3 is 2.32 bits per heavy atom. The van der Waals surface area contributed by atoms with E-state index in [1.165, 1.54) is 32.1 Å². The molecule has 0 aromatic heterocycles. The fraction of sp³-hybridized carbons (Fsp3) is 1.00. The van der Waals surface area contributed by atoms with Gasteiger partial charge in [-0.3, -0.25) is 4.90 Å². The summed E-state index contributed by atoms with van der Waals surface area (Å²) >= 11 is 0. The number of methoxy groups -OCH3 is 1. The fourth-order valence-electron chi connectivity index (χ4n) is 3.14. The second-order valence-electron chi connectivity index (χ2n) is 6.42. The lowest BCUT2D eigenvalue weighted by molar-refractivity contribution is 0.0587. The van der Waals surface area contributed by atoms with Crippen LogP contribution in [0.1, 0.15) is 52.9 Å². The highest BCUT2D eigenvalue weighted by Gasteiger charge is 2.27. The Hall–Kier alpha value is -0.120. The van der Waals surface area contributed by atoms with Crippen LogP contribution in [-0.2, 0) is 4.74 Å². The quantitative estimate of drug-likeness (QED) is 0.734. The molecular weight excluding hydrogens is 236 g/mol. The lowest BCUT2D eigenvalue weighted by Gasteiger charge is -2.39. The van der Waals surface area contributed by atoms with Crippen LogP contribution in [0.2, 0.25) is 0 Å². The molecule has 0 aliphatic heterocycles. The zero-order chi connectivity index (χ0) is 14.3. The van der Waals surface area contributed by atoms with Crippen LogP contribution in [0.15, 0.2) is 0 Å². The summed E-state index contributed by atoms with van der Waals surface area (Å²) in [6.07, 6.45) is 6.88. The monoisotopic (exact) mass is 270 g/mol. The summed E-state index contributed by atoms with van der Waals surface area (Å²) in [4.78, 5) is 2.56. The lowest BCUT2D eigenvalue weighted by atomic mass is 9.83. The van der Waals surface area contributed by atoms with Gasteiger partial charge < -0.3 is 10.1 Å². The Kier molecular flexibility index (Phi) is 7.96. The maximum absolute atomic E-state index is 5.41. The third-order valence-corrected chi connectivity index (χ3v) is 4.67. The van der Waals surface area contributed by atoms with Gasteiger partial charge in [0.05, 0.1) is 6.61 Å². The molecule has 0 spiro atoms. The lowest BCUT2D eigenvalue weighted by Crippen LogP contribution is -2.49. The average Bonchev–Trinajstić information content (AvgIpc) is 2.42. The van der Waals surface area contributed by atoms with Crippen molar-refractivity contribution in [3.05, 3.63) is 0 Å². The maximum Gasteiger partial charge on any atom is 0.0630 e. The van der Waals surface area contributed by atoms with Crippen LogP contribution in [0.5, 0.6) is 0 Å². The normalized spacial score (nSPS) is 26.1. The summed E-state index contributed by atoms with van der Waals surface area (Å²) in [5, 5.41) is 3.55. The van der Waals surface area contributed by atoms with Gasteiger partial charge in [-0.15, -0.1) is 0 Å². The fourth-order valence-corrected chi connectivity index (χ4v) is 3.14. The predicted octanol–water partition coefficient (Wildman–Crippen LogP) is 2.90. The maximum atomic E-state index is 5.41. The molecule has 1 fully saturated rings. The number of hydrogen-bond donors (Lipinski definition) is 1. The van der Waals surface area contributed by atoms with Gasteiger partial charge in [0.1, 0.15) is 0 Å². The highest BCUT2D eigenvalue weighted by Crippen LogP contribution is 2.29. The molecule has 1 aliphatic rings. The molecule has 0 saturated heterocycles. The van der Waals surface area contributed by atoms with E-state index in [0.29, 0.717) is 12.1 Å². The van der Waals surface area contributed by atoms with Crippen molar-refractivity contribution < 1.29 is 4.74 Å². The van der Waals surface area contributed by atoms with Crippen molar-refractivity contribution in [1.82, 2.24) is 10.2 Å². The topological polar surface area (TPSA) is 24.5 Å². The van der Waals surface area contributed by atoms with Gasteiger partial charge in [0, 0.05) is 31.8 Å². The minimum atomic E-state index is 0.496. The summed E-state index contributed by atoms with van der Waals surface area (Å²) < 4.78 is 5.41. The van der Waals surface area contributed by atoms with Gasteiger partial charge >= 0.3 is 0 Å². The molecule has 1 N–H and O–H groups in total. The minimum absolute atomic E-state index is 0.496. The first-order valence-electron chi connectivity index (χ1n) is 8.02. The molecule has 0 bridgehead atoms. The van der Waals surface area contributed by atoms with Crippen molar-refractivity contribution >= 4 is 0 Å². The molecule has 3 heteroatoms. The smallest absolute Gasteiger partial charge is 0.0630 e. The molecule has 114 valence electrons. The van der Waals surface area contributed by atoms with Gasteiger partial charge in [0.15, 0.2) is 0 Å². The highest BCUT2D eigenvalue weighted by atomic mass is 16.5. The molecule has 1 aliphatic carbocycles. The van der Waals surface area contributed by atoms with Crippen molar-refractivity contribution in [2.24, 2.45) is 5.92 Å². The Balaban J connectivity index is 2.44. The van der Waals surface area contributed by atoms with Crippen molar-refractivity contribution in [3.63, 3.8) is 0 Å². The summed E-state index contributed by atoms with van der Waals surface area (Å²) in [7, 11) is 4.09. The molecule has 19 heavy (non-hydrogen) atoms. The van der Waals surface area contributed by atoms with E-state index in [-0.39, 0.29) is 0 Å². The third-order valence-electron chi connectivity index (χ3n) is 4.67. The van der Waals surface area contributed by atoms with Gasteiger partial charge in [-0.05, 0) is 38.6 Å². The molecule has 1 unspecified atom stereocenters. The van der Waals surface area contributed by atoms with E-state index in [2.05, 4.69) is 38.0 Å². The van der Waals surface area contributed by atoms with E-state index in [9.17, 15) is 0 Å². The van der Waals surface area contributed by atoms with Crippen molar-refractivity contribution in [3.8, 4) is 0 Å². The number of likely N-dealkylation sites (N-methyl/N-ethyl adjacent to an activating group) is 1. The Bertz CT molecular complexity index is 225. The van der Waals surface area contributed by atoms with E-state index in [0.717, 1.165) is 25.1 Å². The van der Waals surface area contributed by atoms with E-state index in [4.69, 9.17) is 4.74 Å². The second kappa shape index (κ2) is 8.93. The Labute approximate surface area is 120 Å². The first kappa shape index (κ1) is 16.9. The Morgan fingerprint density at radius 1 is 1.21 bits per heavy atom.